The van der Waals surface area contributed by atoms with Gasteiger partial charge in [-0.1, -0.05) is 24.3 Å². The van der Waals surface area contributed by atoms with E-state index in [-0.39, 0.29) is 23.8 Å². The third-order valence-corrected chi connectivity index (χ3v) is 4.84. The van der Waals surface area contributed by atoms with Gasteiger partial charge in [0, 0.05) is 5.56 Å². The molecule has 4 rings (SSSR count). The summed E-state index contributed by atoms with van der Waals surface area (Å²) in [6.45, 7) is 0. The van der Waals surface area contributed by atoms with Crippen LogP contribution in [0.5, 0.6) is 5.75 Å². The Morgan fingerprint density at radius 2 is 1.96 bits per heavy atom. The second kappa shape index (κ2) is 5.37. The highest BCUT2D eigenvalue weighted by Crippen LogP contribution is 2.48. The zero-order chi connectivity index (χ0) is 16.0. The molecule has 3 atom stereocenters. The van der Waals surface area contributed by atoms with Gasteiger partial charge in [-0.05, 0) is 54.5 Å². The molecule has 0 unspecified atom stereocenters. The number of aryl methyl sites for hydroxylation is 1. The minimum atomic E-state index is -0.728. The molecule has 0 bridgehead atoms. The highest BCUT2D eigenvalue weighted by molar-refractivity contribution is 5.75. The van der Waals surface area contributed by atoms with Crippen LogP contribution in [0, 0.1) is 11.7 Å². The molecule has 0 radical (unpaired) electrons. The highest BCUT2D eigenvalue weighted by atomic mass is 19.1. The molecule has 0 amide bonds. The topological polar surface area (TPSA) is 46.5 Å². The van der Waals surface area contributed by atoms with Crippen molar-refractivity contribution >= 4 is 5.97 Å². The minimum Gasteiger partial charge on any atom is -0.486 e. The van der Waals surface area contributed by atoms with Gasteiger partial charge >= 0.3 is 5.97 Å². The lowest BCUT2D eigenvalue weighted by Gasteiger charge is -2.16. The predicted octanol–water partition coefficient (Wildman–Crippen LogP) is 4.08. The van der Waals surface area contributed by atoms with E-state index in [1.807, 2.05) is 30.3 Å². The molecular weight excluding hydrogens is 295 g/mol. The minimum absolute atomic E-state index is 0.117. The van der Waals surface area contributed by atoms with Crippen LogP contribution in [0.3, 0.4) is 0 Å². The predicted molar refractivity (Wildman–Crippen MR) is 83.0 cm³/mol. The number of carboxylic acids is 1. The first-order chi connectivity index (χ1) is 11.1. The van der Waals surface area contributed by atoms with Crippen molar-refractivity contribution in [3.05, 3.63) is 65.0 Å². The molecule has 3 nitrogen and oxygen atoms in total. The van der Waals surface area contributed by atoms with Crippen molar-refractivity contribution in [2.45, 2.75) is 31.3 Å². The van der Waals surface area contributed by atoms with Crippen LogP contribution < -0.4 is 4.74 Å². The van der Waals surface area contributed by atoms with E-state index < -0.39 is 5.97 Å². The molecule has 0 saturated heterocycles. The third kappa shape index (κ3) is 2.58. The molecule has 1 saturated carbocycles. The molecule has 118 valence electrons. The van der Waals surface area contributed by atoms with E-state index in [0.29, 0.717) is 17.7 Å². The van der Waals surface area contributed by atoms with Gasteiger partial charge < -0.3 is 9.84 Å². The van der Waals surface area contributed by atoms with Crippen LogP contribution in [0.15, 0.2) is 42.5 Å². The Hall–Kier alpha value is -2.36. The Labute approximate surface area is 133 Å². The third-order valence-electron chi connectivity index (χ3n) is 4.84. The summed E-state index contributed by atoms with van der Waals surface area (Å²) in [4.78, 5) is 10.9. The summed E-state index contributed by atoms with van der Waals surface area (Å²) < 4.78 is 20.0. The van der Waals surface area contributed by atoms with E-state index in [9.17, 15) is 9.18 Å². The molecule has 1 fully saturated rings. The normalized spacial score (nSPS) is 25.0. The zero-order valence-electron chi connectivity index (χ0n) is 12.5. The van der Waals surface area contributed by atoms with Gasteiger partial charge in [0.15, 0.2) is 0 Å². The van der Waals surface area contributed by atoms with Crippen LogP contribution in [0.25, 0.3) is 0 Å². The number of ether oxygens (including phenoxy) is 1. The Morgan fingerprint density at radius 3 is 2.65 bits per heavy atom. The fraction of sp³-hybridized carbons (Fsp3) is 0.316. The molecule has 2 aromatic rings. The molecule has 2 aliphatic rings. The summed E-state index contributed by atoms with van der Waals surface area (Å²) in [6.07, 6.45) is 2.07. The first-order valence-electron chi connectivity index (χ1n) is 7.90. The first-order valence-corrected chi connectivity index (χ1v) is 7.90. The molecule has 4 heteroatoms. The molecule has 2 aromatic carbocycles. The Kier molecular flexibility index (Phi) is 3.33. The van der Waals surface area contributed by atoms with Gasteiger partial charge in [0.1, 0.15) is 17.7 Å². The number of hydrogen-bond acceptors (Lipinski definition) is 2. The van der Waals surface area contributed by atoms with E-state index in [1.165, 1.54) is 6.07 Å². The second-order valence-electron chi connectivity index (χ2n) is 6.31. The van der Waals surface area contributed by atoms with Gasteiger partial charge in [0.05, 0.1) is 5.92 Å². The Morgan fingerprint density at radius 1 is 1.17 bits per heavy atom. The summed E-state index contributed by atoms with van der Waals surface area (Å²) in [5.41, 5.74) is 2.72. The summed E-state index contributed by atoms with van der Waals surface area (Å²) >= 11 is 0. The van der Waals surface area contributed by atoms with E-state index in [1.54, 1.807) is 6.07 Å². The Balaban J connectivity index is 1.48. The summed E-state index contributed by atoms with van der Waals surface area (Å²) in [7, 11) is 0. The Bertz CT molecular complexity index is 754. The molecule has 0 spiro atoms. The zero-order valence-corrected chi connectivity index (χ0v) is 12.5. The van der Waals surface area contributed by atoms with Crippen molar-refractivity contribution in [3.63, 3.8) is 0 Å². The van der Waals surface area contributed by atoms with Crippen molar-refractivity contribution in [3.8, 4) is 5.75 Å². The van der Waals surface area contributed by atoms with Crippen molar-refractivity contribution in [1.82, 2.24) is 0 Å². The SMILES string of the molecule is O=C(O)[C@H]1C[C@@H]1c1ccc(O[C@@H]2CCc3cccc(F)c32)cc1. The van der Waals surface area contributed by atoms with Crippen LogP contribution in [0.4, 0.5) is 4.39 Å². The van der Waals surface area contributed by atoms with E-state index >= 15 is 0 Å². The van der Waals surface area contributed by atoms with Crippen LogP contribution in [0.1, 0.15) is 41.6 Å². The number of aliphatic carboxylic acids is 1. The number of carboxylic acid groups (broad SMARTS) is 1. The van der Waals surface area contributed by atoms with Crippen LogP contribution in [-0.2, 0) is 11.2 Å². The van der Waals surface area contributed by atoms with Gasteiger partial charge in [-0.25, -0.2) is 4.39 Å². The monoisotopic (exact) mass is 312 g/mol. The number of halogens is 1. The maximum absolute atomic E-state index is 14.0. The molecular formula is C19H17FO3. The van der Waals surface area contributed by atoms with Gasteiger partial charge in [-0.2, -0.15) is 0 Å². The molecule has 23 heavy (non-hydrogen) atoms. The second-order valence-corrected chi connectivity index (χ2v) is 6.31. The van der Waals surface area contributed by atoms with Crippen molar-refractivity contribution in [1.29, 1.82) is 0 Å². The molecule has 0 aliphatic heterocycles. The largest absolute Gasteiger partial charge is 0.486 e. The fourth-order valence-electron chi connectivity index (χ4n) is 3.50. The van der Waals surface area contributed by atoms with E-state index in [4.69, 9.17) is 9.84 Å². The van der Waals surface area contributed by atoms with Gasteiger partial charge in [0.2, 0.25) is 0 Å². The van der Waals surface area contributed by atoms with Crippen LogP contribution >= 0.6 is 0 Å². The number of benzene rings is 2. The number of rotatable bonds is 4. The fourth-order valence-corrected chi connectivity index (χ4v) is 3.50. The molecule has 0 heterocycles. The van der Waals surface area contributed by atoms with Crippen molar-refractivity contribution in [2.24, 2.45) is 5.92 Å². The lowest BCUT2D eigenvalue weighted by molar-refractivity contribution is -0.138. The quantitative estimate of drug-likeness (QED) is 0.925. The van der Waals surface area contributed by atoms with Crippen LogP contribution in [-0.4, -0.2) is 11.1 Å². The van der Waals surface area contributed by atoms with Crippen LogP contribution in [0.2, 0.25) is 0 Å². The molecule has 0 aromatic heterocycles. The lowest BCUT2D eigenvalue weighted by atomic mass is 10.1. The lowest BCUT2D eigenvalue weighted by Crippen LogP contribution is -2.05. The number of fused-ring (bicyclic) bond motifs is 1. The summed E-state index contributed by atoms with van der Waals surface area (Å²) in [5.74, 6) is -0.372. The summed E-state index contributed by atoms with van der Waals surface area (Å²) in [6, 6.07) is 12.7. The number of hydrogen-bond donors (Lipinski definition) is 1. The standard InChI is InChI=1S/C19H17FO3/c20-16-3-1-2-12-6-9-17(18(12)16)23-13-7-4-11(5-8-13)14-10-15(14)19(21)22/h1-5,7-8,14-15,17H,6,9-10H2,(H,21,22)/t14-,15+,17-/m1/s1. The van der Waals surface area contributed by atoms with E-state index in [2.05, 4.69) is 0 Å². The maximum Gasteiger partial charge on any atom is 0.307 e. The van der Waals surface area contributed by atoms with Crippen molar-refractivity contribution < 1.29 is 19.0 Å². The average molecular weight is 312 g/mol. The maximum atomic E-state index is 14.0. The van der Waals surface area contributed by atoms with Gasteiger partial charge in [0.25, 0.3) is 0 Å². The highest BCUT2D eigenvalue weighted by Gasteiger charge is 2.44. The van der Waals surface area contributed by atoms with Crippen molar-refractivity contribution in [2.75, 3.05) is 0 Å². The molecule has 2 aliphatic carbocycles. The molecule has 1 N–H and O–H groups in total. The smallest absolute Gasteiger partial charge is 0.307 e. The summed E-state index contributed by atoms with van der Waals surface area (Å²) in [5, 5.41) is 8.99. The first kappa shape index (κ1) is 14.2. The van der Waals surface area contributed by atoms with Gasteiger partial charge in [-0.15, -0.1) is 0 Å². The average Bonchev–Trinajstić information content (AvgIpc) is 3.24. The van der Waals surface area contributed by atoms with E-state index in [0.717, 1.165) is 24.0 Å². The van der Waals surface area contributed by atoms with Gasteiger partial charge in [-0.3, -0.25) is 4.79 Å². The number of carbonyl (C=O) groups is 1.